The van der Waals surface area contributed by atoms with Gasteiger partial charge < -0.3 is 14.6 Å². The maximum absolute atomic E-state index is 13.0. The largest absolute Gasteiger partial charge is 0.465 e. The van der Waals surface area contributed by atoms with Crippen LogP contribution < -0.4 is 5.32 Å². The number of anilines is 1. The summed E-state index contributed by atoms with van der Waals surface area (Å²) in [6, 6.07) is 10.8. The van der Waals surface area contributed by atoms with Gasteiger partial charge in [-0.3, -0.25) is 9.59 Å². The number of ether oxygens (including phenoxy) is 1. The van der Waals surface area contributed by atoms with E-state index in [-0.39, 0.29) is 23.0 Å². The van der Waals surface area contributed by atoms with Crippen molar-refractivity contribution in [1.82, 2.24) is 4.57 Å². The van der Waals surface area contributed by atoms with Crippen LogP contribution in [0.4, 0.5) is 18.9 Å². The highest BCUT2D eigenvalue weighted by atomic mass is 19.4. The number of halogens is 3. The number of rotatable bonds is 5. The van der Waals surface area contributed by atoms with E-state index in [2.05, 4.69) is 10.1 Å². The molecule has 0 aliphatic rings. The van der Waals surface area contributed by atoms with Crippen LogP contribution in [0.5, 0.6) is 0 Å². The van der Waals surface area contributed by atoms with E-state index >= 15 is 0 Å². The molecule has 1 N–H and O–H groups in total. The van der Waals surface area contributed by atoms with Crippen LogP contribution in [0.15, 0.2) is 48.7 Å². The normalized spacial score (nSPS) is 11.4. The quantitative estimate of drug-likeness (QED) is 0.500. The van der Waals surface area contributed by atoms with Crippen LogP contribution in [0.25, 0.3) is 10.9 Å². The molecule has 0 spiro atoms. The molecule has 0 bridgehead atoms. The topological polar surface area (TPSA) is 77.4 Å². The van der Waals surface area contributed by atoms with Gasteiger partial charge in [-0.1, -0.05) is 18.2 Å². The van der Waals surface area contributed by atoms with Crippen molar-refractivity contribution >= 4 is 34.3 Å². The van der Waals surface area contributed by atoms with Crippen molar-refractivity contribution in [3.8, 4) is 0 Å². The first-order valence-electron chi connectivity index (χ1n) is 8.79. The number of Topliss-reactive ketones (excluding diaryl/α,β-unsaturated/α-hetero) is 1. The molecule has 1 amide bonds. The molecule has 0 aliphatic heterocycles. The summed E-state index contributed by atoms with van der Waals surface area (Å²) >= 11 is 0. The predicted molar refractivity (Wildman–Crippen MR) is 103 cm³/mol. The Kier molecular flexibility index (Phi) is 5.64. The molecule has 156 valence electrons. The molecule has 0 radical (unpaired) electrons. The molecule has 1 heterocycles. The van der Waals surface area contributed by atoms with Gasteiger partial charge in [0, 0.05) is 17.3 Å². The first-order valence-corrected chi connectivity index (χ1v) is 8.79. The lowest BCUT2D eigenvalue weighted by molar-refractivity contribution is -0.116. The van der Waals surface area contributed by atoms with E-state index in [1.807, 2.05) is 13.0 Å². The fourth-order valence-corrected chi connectivity index (χ4v) is 3.08. The molecule has 0 aliphatic carbocycles. The fourth-order valence-electron chi connectivity index (χ4n) is 3.08. The van der Waals surface area contributed by atoms with Gasteiger partial charge in [-0.2, -0.15) is 13.2 Å². The first kappa shape index (κ1) is 21.1. The highest BCUT2D eigenvalue weighted by molar-refractivity contribution is 6.11. The number of fused-ring (bicyclic) bond motifs is 1. The lowest BCUT2D eigenvalue weighted by atomic mass is 10.1. The molecule has 1 aromatic heterocycles. The molecule has 0 fully saturated rings. The highest BCUT2D eigenvalue weighted by Crippen LogP contribution is 2.29. The van der Waals surface area contributed by atoms with Crippen LogP contribution in [-0.2, 0) is 16.1 Å². The third-order valence-corrected chi connectivity index (χ3v) is 4.42. The number of hydrogen-bond donors (Lipinski definition) is 1. The van der Waals surface area contributed by atoms with Gasteiger partial charge in [-0.15, -0.1) is 0 Å². The number of carbonyl (C=O) groups is 3. The lowest BCUT2D eigenvalue weighted by Gasteiger charge is -2.08. The van der Waals surface area contributed by atoms with Crippen LogP contribution in [0.1, 0.15) is 26.3 Å². The lowest BCUT2D eigenvalue weighted by Crippen LogP contribution is -2.22. The molecule has 3 aromatic rings. The summed E-state index contributed by atoms with van der Waals surface area (Å²) in [5.41, 5.74) is 1.05. The van der Waals surface area contributed by atoms with E-state index in [1.54, 1.807) is 18.2 Å². The van der Waals surface area contributed by atoms with Crippen molar-refractivity contribution in [3.05, 3.63) is 65.4 Å². The number of nitrogens with one attached hydrogen (secondary N) is 1. The predicted octanol–water partition coefficient (Wildman–Crippen LogP) is 4.12. The Hall–Kier alpha value is -3.62. The number of aryl methyl sites for hydroxylation is 1. The minimum Gasteiger partial charge on any atom is -0.465 e. The monoisotopic (exact) mass is 418 g/mol. The summed E-state index contributed by atoms with van der Waals surface area (Å²) < 4.78 is 44.9. The second kappa shape index (κ2) is 8.02. The molecule has 30 heavy (non-hydrogen) atoms. The average molecular weight is 418 g/mol. The summed E-state index contributed by atoms with van der Waals surface area (Å²) in [6.07, 6.45) is -4.11. The van der Waals surface area contributed by atoms with E-state index in [1.165, 1.54) is 29.9 Å². The zero-order chi connectivity index (χ0) is 22.1. The molecule has 0 atom stereocenters. The van der Waals surface area contributed by atoms with Crippen molar-refractivity contribution in [1.29, 1.82) is 0 Å². The number of hydrogen-bond acceptors (Lipinski definition) is 4. The fraction of sp³-hybridized carbons (Fsp3) is 0.190. The van der Waals surface area contributed by atoms with Gasteiger partial charge >= 0.3 is 12.1 Å². The van der Waals surface area contributed by atoms with Crippen LogP contribution in [-0.4, -0.2) is 35.5 Å². The smallest absolute Gasteiger partial charge is 0.454 e. The maximum Gasteiger partial charge on any atom is 0.454 e. The van der Waals surface area contributed by atoms with E-state index in [4.69, 9.17) is 0 Å². The number of esters is 1. The second-order valence-corrected chi connectivity index (χ2v) is 6.64. The molecular formula is C21H17F3N2O4. The molecule has 6 nitrogen and oxygen atoms in total. The minimum atomic E-state index is -5.08. The van der Waals surface area contributed by atoms with Crippen LogP contribution >= 0.6 is 0 Å². The van der Waals surface area contributed by atoms with E-state index in [9.17, 15) is 27.6 Å². The van der Waals surface area contributed by atoms with Gasteiger partial charge in [0.2, 0.25) is 5.91 Å². The van der Waals surface area contributed by atoms with Crippen LogP contribution in [0.3, 0.4) is 0 Å². The summed E-state index contributed by atoms with van der Waals surface area (Å²) in [6.45, 7) is 1.48. The first-order chi connectivity index (χ1) is 14.1. The Labute approximate surface area is 169 Å². The highest BCUT2D eigenvalue weighted by Gasteiger charge is 2.41. The van der Waals surface area contributed by atoms with Crippen molar-refractivity contribution in [2.24, 2.45) is 0 Å². The van der Waals surface area contributed by atoms with Crippen molar-refractivity contribution in [3.63, 3.8) is 0 Å². The second-order valence-electron chi connectivity index (χ2n) is 6.64. The molecular weight excluding hydrogens is 401 g/mol. The molecule has 0 saturated heterocycles. The number of amides is 1. The van der Waals surface area contributed by atoms with E-state index < -0.39 is 29.4 Å². The third-order valence-electron chi connectivity index (χ3n) is 4.42. The molecule has 3 rings (SSSR count). The molecule has 0 saturated carbocycles. The maximum atomic E-state index is 13.0. The standard InChI is InChI=1S/C21H17F3N2O4/c1-12-4-3-5-14(8-12)25-18(27)11-26-10-16(19(28)21(22,23)24)15-7-6-13(9-17(15)26)20(29)30-2/h3-10H,11H2,1-2H3,(H,25,27). The Morgan fingerprint density at radius 1 is 1.10 bits per heavy atom. The molecule has 9 heteroatoms. The molecule has 2 aromatic carbocycles. The van der Waals surface area contributed by atoms with Crippen molar-refractivity contribution in [2.45, 2.75) is 19.6 Å². The summed E-state index contributed by atoms with van der Waals surface area (Å²) in [4.78, 5) is 36.1. The summed E-state index contributed by atoms with van der Waals surface area (Å²) in [5, 5.41) is 2.63. The van der Waals surface area contributed by atoms with Gasteiger partial charge in [0.15, 0.2) is 0 Å². The Bertz CT molecular complexity index is 1150. The third kappa shape index (κ3) is 4.35. The van der Waals surface area contributed by atoms with Gasteiger partial charge in [-0.05, 0) is 36.8 Å². The Morgan fingerprint density at radius 3 is 2.47 bits per heavy atom. The summed E-state index contributed by atoms with van der Waals surface area (Å²) in [5.74, 6) is -3.24. The van der Waals surface area contributed by atoms with E-state index in [0.29, 0.717) is 5.69 Å². The number of ketones is 1. The summed E-state index contributed by atoms with van der Waals surface area (Å²) in [7, 11) is 1.17. The molecule has 0 unspecified atom stereocenters. The SMILES string of the molecule is COC(=O)c1ccc2c(C(=O)C(F)(F)F)cn(CC(=O)Nc3cccc(C)c3)c2c1. The zero-order valence-electron chi connectivity index (χ0n) is 16.0. The number of alkyl halides is 3. The van der Waals surface area contributed by atoms with Crippen molar-refractivity contribution in [2.75, 3.05) is 12.4 Å². The Balaban J connectivity index is 2.02. The van der Waals surface area contributed by atoms with Crippen molar-refractivity contribution < 1.29 is 32.3 Å². The van der Waals surface area contributed by atoms with E-state index in [0.717, 1.165) is 11.8 Å². The van der Waals surface area contributed by atoms with Crippen LogP contribution in [0, 0.1) is 6.92 Å². The van der Waals surface area contributed by atoms with Crippen LogP contribution in [0.2, 0.25) is 0 Å². The van der Waals surface area contributed by atoms with Gasteiger partial charge in [0.25, 0.3) is 5.78 Å². The van der Waals surface area contributed by atoms with Gasteiger partial charge in [-0.25, -0.2) is 4.79 Å². The Morgan fingerprint density at radius 2 is 1.83 bits per heavy atom. The number of benzene rings is 2. The number of nitrogens with zero attached hydrogens (tertiary/aromatic N) is 1. The average Bonchev–Trinajstić information content (AvgIpc) is 3.03. The number of aromatic nitrogens is 1. The zero-order valence-corrected chi connectivity index (χ0v) is 16.0. The number of methoxy groups -OCH3 is 1. The minimum absolute atomic E-state index is 0.0201. The van der Waals surface area contributed by atoms with Gasteiger partial charge in [0.05, 0.1) is 23.8 Å². The van der Waals surface area contributed by atoms with Gasteiger partial charge in [0.1, 0.15) is 6.54 Å². The number of carbonyl (C=O) groups excluding carboxylic acids is 3.